The summed E-state index contributed by atoms with van der Waals surface area (Å²) in [5.41, 5.74) is 2.01. The second-order valence-corrected chi connectivity index (χ2v) is 6.71. The number of halogens is 3. The van der Waals surface area contributed by atoms with Gasteiger partial charge in [-0.1, -0.05) is 24.3 Å². The van der Waals surface area contributed by atoms with E-state index < -0.39 is 17.5 Å². The summed E-state index contributed by atoms with van der Waals surface area (Å²) in [6, 6.07) is 9.42. The van der Waals surface area contributed by atoms with Crippen LogP contribution in [0.5, 0.6) is 0 Å². The number of benzene rings is 2. The largest absolute Gasteiger partial charge is 0.364 e. The van der Waals surface area contributed by atoms with Gasteiger partial charge in [-0.3, -0.25) is 9.69 Å². The molecule has 1 aliphatic heterocycles. The Morgan fingerprint density at radius 1 is 0.963 bits per heavy atom. The molecule has 0 aromatic heterocycles. The Labute approximate surface area is 156 Å². The SMILES string of the molecule is CC(=O)NCc1ccc(CN2CCN(c3c(F)cc(F)cc3F)CC2)cc1. The summed E-state index contributed by atoms with van der Waals surface area (Å²) in [5, 5.41) is 2.76. The maximum absolute atomic E-state index is 13.9. The number of nitrogens with one attached hydrogen (secondary N) is 1. The fraction of sp³-hybridized carbons (Fsp3) is 0.350. The van der Waals surface area contributed by atoms with Gasteiger partial charge < -0.3 is 10.2 Å². The number of rotatable bonds is 5. The van der Waals surface area contributed by atoms with Gasteiger partial charge in [-0.05, 0) is 11.1 Å². The molecule has 7 heteroatoms. The quantitative estimate of drug-likeness (QED) is 0.870. The van der Waals surface area contributed by atoms with Crippen LogP contribution in [0.3, 0.4) is 0 Å². The van der Waals surface area contributed by atoms with E-state index in [1.807, 2.05) is 24.3 Å². The summed E-state index contributed by atoms with van der Waals surface area (Å²) in [7, 11) is 0. The molecular weight excluding hydrogens is 355 g/mol. The summed E-state index contributed by atoms with van der Waals surface area (Å²) < 4.78 is 40.9. The van der Waals surface area contributed by atoms with Gasteiger partial charge in [0.25, 0.3) is 0 Å². The first kappa shape index (κ1) is 19.2. The first-order chi connectivity index (χ1) is 12.9. The van der Waals surface area contributed by atoms with Crippen LogP contribution in [0.4, 0.5) is 18.9 Å². The average Bonchev–Trinajstić information content (AvgIpc) is 2.62. The van der Waals surface area contributed by atoms with Gasteiger partial charge in [-0.25, -0.2) is 13.2 Å². The van der Waals surface area contributed by atoms with Crippen LogP contribution in [-0.4, -0.2) is 37.0 Å². The van der Waals surface area contributed by atoms with Crippen molar-refractivity contribution in [1.82, 2.24) is 10.2 Å². The Balaban J connectivity index is 1.55. The van der Waals surface area contributed by atoms with Gasteiger partial charge in [-0.2, -0.15) is 0 Å². The number of carbonyl (C=O) groups is 1. The number of amides is 1. The molecule has 1 heterocycles. The second kappa shape index (κ2) is 8.43. The average molecular weight is 377 g/mol. The Kier molecular flexibility index (Phi) is 6.01. The van der Waals surface area contributed by atoms with E-state index in [0.717, 1.165) is 17.7 Å². The zero-order chi connectivity index (χ0) is 19.4. The predicted octanol–water partition coefficient (Wildman–Crippen LogP) is 3.06. The van der Waals surface area contributed by atoms with Crippen molar-refractivity contribution in [2.75, 3.05) is 31.1 Å². The van der Waals surface area contributed by atoms with E-state index in [1.165, 1.54) is 6.92 Å². The van der Waals surface area contributed by atoms with Crippen LogP contribution in [0, 0.1) is 17.5 Å². The van der Waals surface area contributed by atoms with Gasteiger partial charge in [0.15, 0.2) is 11.6 Å². The highest BCUT2D eigenvalue weighted by Gasteiger charge is 2.23. The topological polar surface area (TPSA) is 35.6 Å². The zero-order valence-electron chi connectivity index (χ0n) is 15.1. The maximum Gasteiger partial charge on any atom is 0.217 e. The lowest BCUT2D eigenvalue weighted by molar-refractivity contribution is -0.119. The van der Waals surface area contributed by atoms with Crippen LogP contribution in [0.1, 0.15) is 18.1 Å². The Hall–Kier alpha value is -2.54. The van der Waals surface area contributed by atoms with Gasteiger partial charge in [0.2, 0.25) is 5.91 Å². The Bertz CT molecular complexity index is 780. The molecule has 1 fully saturated rings. The minimum Gasteiger partial charge on any atom is -0.364 e. The van der Waals surface area contributed by atoms with Crippen LogP contribution in [-0.2, 0) is 17.9 Å². The molecular formula is C20H22F3N3O. The minimum absolute atomic E-state index is 0.0639. The second-order valence-electron chi connectivity index (χ2n) is 6.71. The molecule has 1 saturated heterocycles. The van der Waals surface area contributed by atoms with Crippen LogP contribution >= 0.6 is 0 Å². The van der Waals surface area contributed by atoms with Crippen molar-refractivity contribution >= 4 is 11.6 Å². The molecule has 3 rings (SSSR count). The first-order valence-corrected chi connectivity index (χ1v) is 8.86. The molecule has 1 aliphatic rings. The van der Waals surface area contributed by atoms with E-state index in [0.29, 0.717) is 44.9 Å². The molecule has 0 aliphatic carbocycles. The summed E-state index contributed by atoms with van der Waals surface area (Å²) in [5.74, 6) is -2.70. The predicted molar refractivity (Wildman–Crippen MR) is 97.8 cm³/mol. The molecule has 0 unspecified atom stereocenters. The van der Waals surface area contributed by atoms with Crippen molar-refractivity contribution in [1.29, 1.82) is 0 Å². The molecule has 0 bridgehead atoms. The molecule has 0 radical (unpaired) electrons. The summed E-state index contributed by atoms with van der Waals surface area (Å²) in [6.45, 7) is 4.98. The smallest absolute Gasteiger partial charge is 0.217 e. The highest BCUT2D eigenvalue weighted by atomic mass is 19.1. The molecule has 4 nitrogen and oxygen atoms in total. The van der Waals surface area contributed by atoms with Gasteiger partial charge >= 0.3 is 0 Å². The van der Waals surface area contributed by atoms with Crippen molar-refractivity contribution in [2.24, 2.45) is 0 Å². The third-order valence-electron chi connectivity index (χ3n) is 4.64. The molecule has 2 aromatic rings. The summed E-state index contributed by atoms with van der Waals surface area (Å²) in [6.07, 6.45) is 0. The molecule has 0 spiro atoms. The van der Waals surface area contributed by atoms with E-state index in [9.17, 15) is 18.0 Å². The van der Waals surface area contributed by atoms with Crippen molar-refractivity contribution in [3.63, 3.8) is 0 Å². The molecule has 1 amide bonds. The minimum atomic E-state index is -0.908. The maximum atomic E-state index is 13.9. The van der Waals surface area contributed by atoms with Crippen LogP contribution in [0.25, 0.3) is 0 Å². The molecule has 1 N–H and O–H groups in total. The van der Waals surface area contributed by atoms with Gasteiger partial charge in [-0.15, -0.1) is 0 Å². The number of nitrogens with zero attached hydrogens (tertiary/aromatic N) is 2. The summed E-state index contributed by atoms with van der Waals surface area (Å²) in [4.78, 5) is 14.8. The van der Waals surface area contributed by atoms with E-state index in [1.54, 1.807) is 4.90 Å². The molecule has 0 saturated carbocycles. The number of hydrogen-bond acceptors (Lipinski definition) is 3. The Morgan fingerprint density at radius 2 is 1.52 bits per heavy atom. The normalized spacial score (nSPS) is 15.0. The lowest BCUT2D eigenvalue weighted by atomic mass is 10.1. The van der Waals surface area contributed by atoms with Crippen molar-refractivity contribution < 1.29 is 18.0 Å². The standard InChI is InChI=1S/C20H22F3N3O/c1-14(27)24-12-15-2-4-16(5-3-15)13-25-6-8-26(9-7-25)20-18(22)10-17(21)11-19(20)23/h2-5,10-11H,6-9,12-13H2,1H3,(H,24,27). The van der Waals surface area contributed by atoms with E-state index in [2.05, 4.69) is 10.2 Å². The number of piperazine rings is 1. The van der Waals surface area contributed by atoms with E-state index >= 15 is 0 Å². The van der Waals surface area contributed by atoms with Gasteiger partial charge in [0, 0.05) is 58.3 Å². The lowest BCUT2D eigenvalue weighted by Crippen LogP contribution is -2.46. The van der Waals surface area contributed by atoms with E-state index in [4.69, 9.17) is 0 Å². The van der Waals surface area contributed by atoms with Crippen LogP contribution in [0.2, 0.25) is 0 Å². The van der Waals surface area contributed by atoms with Crippen molar-refractivity contribution in [3.8, 4) is 0 Å². The van der Waals surface area contributed by atoms with Crippen LogP contribution in [0.15, 0.2) is 36.4 Å². The number of carbonyl (C=O) groups excluding carboxylic acids is 1. The van der Waals surface area contributed by atoms with Gasteiger partial charge in [0.1, 0.15) is 11.5 Å². The Morgan fingerprint density at radius 3 is 2.07 bits per heavy atom. The fourth-order valence-electron chi connectivity index (χ4n) is 3.21. The van der Waals surface area contributed by atoms with E-state index in [-0.39, 0.29) is 11.6 Å². The third kappa shape index (κ3) is 5.01. The van der Waals surface area contributed by atoms with Crippen molar-refractivity contribution in [3.05, 3.63) is 65.0 Å². The molecule has 27 heavy (non-hydrogen) atoms. The first-order valence-electron chi connectivity index (χ1n) is 8.86. The van der Waals surface area contributed by atoms with Crippen LogP contribution < -0.4 is 10.2 Å². The third-order valence-corrected chi connectivity index (χ3v) is 4.64. The fourth-order valence-corrected chi connectivity index (χ4v) is 3.21. The van der Waals surface area contributed by atoms with Gasteiger partial charge in [0.05, 0.1) is 0 Å². The lowest BCUT2D eigenvalue weighted by Gasteiger charge is -2.36. The highest BCUT2D eigenvalue weighted by Crippen LogP contribution is 2.26. The monoisotopic (exact) mass is 377 g/mol. The van der Waals surface area contributed by atoms with Crippen molar-refractivity contribution in [2.45, 2.75) is 20.0 Å². The summed E-state index contributed by atoms with van der Waals surface area (Å²) >= 11 is 0. The molecule has 144 valence electrons. The number of anilines is 1. The highest BCUT2D eigenvalue weighted by molar-refractivity contribution is 5.72. The zero-order valence-corrected chi connectivity index (χ0v) is 15.1. The molecule has 0 atom stereocenters. The molecule has 2 aromatic carbocycles. The number of hydrogen-bond donors (Lipinski definition) is 1.